The first kappa shape index (κ1) is 10.9. The number of aromatic nitrogens is 1. The fourth-order valence-electron chi connectivity index (χ4n) is 0.935. The van der Waals surface area contributed by atoms with Crippen LogP contribution in [0, 0.1) is 0 Å². The van der Waals surface area contributed by atoms with Crippen LogP contribution in [0.15, 0.2) is 24.5 Å². The van der Waals surface area contributed by atoms with E-state index in [1.165, 1.54) is 30.6 Å². The quantitative estimate of drug-likeness (QED) is 0.260. The van der Waals surface area contributed by atoms with Crippen molar-refractivity contribution in [3.8, 4) is 0 Å². The summed E-state index contributed by atoms with van der Waals surface area (Å²) in [7, 11) is 0. The molecule has 1 aromatic heterocycles. The predicted octanol–water partition coefficient (Wildman–Crippen LogP) is -0.816. The third-order valence-corrected chi connectivity index (χ3v) is 1.59. The van der Waals surface area contributed by atoms with Crippen LogP contribution in [-0.4, -0.2) is 16.8 Å². The maximum Gasteiger partial charge on any atom is 0.266 e. The first-order chi connectivity index (χ1) is 7.13. The van der Waals surface area contributed by atoms with E-state index in [4.69, 9.17) is 11.6 Å². The second-order valence-corrected chi connectivity index (χ2v) is 2.72. The zero-order valence-electron chi connectivity index (χ0n) is 7.81. The van der Waals surface area contributed by atoms with Gasteiger partial charge in [-0.1, -0.05) is 0 Å². The number of hydrazine groups is 1. The molecule has 0 unspecified atom stereocenters. The lowest BCUT2D eigenvalue weighted by Gasteiger charge is -1.99. The molecule has 1 heterocycles. The summed E-state index contributed by atoms with van der Waals surface area (Å²) >= 11 is 0. The van der Waals surface area contributed by atoms with Crippen LogP contribution in [0.2, 0.25) is 0 Å². The normalized spacial score (nSPS) is 10.2. The van der Waals surface area contributed by atoms with Crippen LogP contribution in [0.1, 0.15) is 15.9 Å². The van der Waals surface area contributed by atoms with E-state index in [9.17, 15) is 9.59 Å². The summed E-state index contributed by atoms with van der Waals surface area (Å²) in [5, 5.41) is 0. The van der Waals surface area contributed by atoms with Crippen molar-refractivity contribution in [3.63, 3.8) is 0 Å². The molecule has 1 rings (SSSR count). The van der Waals surface area contributed by atoms with Gasteiger partial charge in [-0.25, -0.2) is 5.84 Å². The number of hydrogen-bond donors (Lipinski definition) is 3. The van der Waals surface area contributed by atoms with E-state index in [0.717, 1.165) is 0 Å². The molecule has 0 aliphatic rings. The van der Waals surface area contributed by atoms with Crippen molar-refractivity contribution in [3.05, 3.63) is 35.7 Å². The Labute approximate surface area is 85.9 Å². The summed E-state index contributed by atoms with van der Waals surface area (Å²) in [6.07, 6.45) is 5.50. The van der Waals surface area contributed by atoms with Crippen molar-refractivity contribution in [2.75, 3.05) is 0 Å². The maximum atomic E-state index is 11.1. The highest BCUT2D eigenvalue weighted by molar-refractivity contribution is 5.94. The number of nitrogens with one attached hydrogen (secondary N) is 1. The molecule has 0 atom stereocenters. The van der Waals surface area contributed by atoms with Crippen LogP contribution in [0.3, 0.4) is 0 Å². The molecule has 0 aliphatic heterocycles. The largest absolute Gasteiger partial charge is 0.366 e. The molecule has 78 valence electrons. The van der Waals surface area contributed by atoms with Crippen LogP contribution in [0.5, 0.6) is 0 Å². The number of rotatable bonds is 3. The molecule has 5 N–H and O–H groups in total. The Balaban J connectivity index is 2.92. The number of nitrogens with two attached hydrogens (primary N) is 2. The van der Waals surface area contributed by atoms with Gasteiger partial charge in [0.15, 0.2) is 0 Å². The van der Waals surface area contributed by atoms with Crippen LogP contribution < -0.4 is 17.0 Å². The highest BCUT2D eigenvalue weighted by Gasteiger charge is 2.03. The van der Waals surface area contributed by atoms with Gasteiger partial charge in [0.2, 0.25) is 5.91 Å². The van der Waals surface area contributed by atoms with E-state index in [0.29, 0.717) is 11.1 Å². The lowest BCUT2D eigenvalue weighted by atomic mass is 10.2. The molecule has 6 heteroatoms. The molecular formula is C9H10N4O2. The molecule has 2 amide bonds. The molecule has 0 aliphatic carbocycles. The van der Waals surface area contributed by atoms with Crippen LogP contribution in [0.25, 0.3) is 6.08 Å². The van der Waals surface area contributed by atoms with Crippen molar-refractivity contribution < 1.29 is 9.59 Å². The van der Waals surface area contributed by atoms with Crippen LogP contribution >= 0.6 is 0 Å². The maximum absolute atomic E-state index is 11.1. The average Bonchev–Trinajstić information content (AvgIpc) is 2.25. The minimum atomic E-state index is -0.566. The Bertz CT molecular complexity index is 414. The number of hydrogen-bond acceptors (Lipinski definition) is 4. The van der Waals surface area contributed by atoms with Gasteiger partial charge in [0.1, 0.15) is 0 Å². The molecule has 0 aromatic carbocycles. The molecule has 0 spiro atoms. The number of primary amides is 1. The van der Waals surface area contributed by atoms with Crippen molar-refractivity contribution in [2.24, 2.45) is 11.6 Å². The highest BCUT2D eigenvalue weighted by Crippen LogP contribution is 2.04. The highest BCUT2D eigenvalue weighted by atomic mass is 16.2. The lowest BCUT2D eigenvalue weighted by molar-refractivity contribution is -0.113. The van der Waals surface area contributed by atoms with Crippen molar-refractivity contribution in [2.45, 2.75) is 0 Å². The van der Waals surface area contributed by atoms with E-state index in [2.05, 4.69) is 4.98 Å². The molecule has 1 aromatic rings. The van der Waals surface area contributed by atoms with E-state index < -0.39 is 11.8 Å². The number of nitrogens with zero attached hydrogens (tertiary/aromatic N) is 1. The first-order valence-electron chi connectivity index (χ1n) is 4.07. The topological polar surface area (TPSA) is 111 Å². The van der Waals surface area contributed by atoms with Crippen LogP contribution in [-0.2, 0) is 4.79 Å². The Kier molecular flexibility index (Phi) is 3.53. The Hall–Kier alpha value is -2.21. The second kappa shape index (κ2) is 4.87. The lowest BCUT2D eigenvalue weighted by Crippen LogP contribution is -2.30. The fraction of sp³-hybridized carbons (Fsp3) is 0. The smallest absolute Gasteiger partial charge is 0.266 e. The second-order valence-electron chi connectivity index (χ2n) is 2.72. The van der Waals surface area contributed by atoms with Crippen molar-refractivity contribution in [1.82, 2.24) is 10.4 Å². The minimum absolute atomic E-state index is 0.309. The number of nitrogen functional groups attached to an aromatic ring is 1. The molecule has 0 saturated heterocycles. The molecular weight excluding hydrogens is 196 g/mol. The zero-order valence-corrected chi connectivity index (χ0v) is 7.81. The third-order valence-electron chi connectivity index (χ3n) is 1.59. The van der Waals surface area contributed by atoms with Gasteiger partial charge in [-0.15, -0.1) is 0 Å². The summed E-state index contributed by atoms with van der Waals surface area (Å²) in [5.41, 5.74) is 7.80. The first-order valence-corrected chi connectivity index (χ1v) is 4.07. The molecule has 0 bridgehead atoms. The molecule has 0 saturated carbocycles. The fourth-order valence-corrected chi connectivity index (χ4v) is 0.935. The predicted molar refractivity (Wildman–Crippen MR) is 54.1 cm³/mol. The minimum Gasteiger partial charge on any atom is -0.366 e. The average molecular weight is 206 g/mol. The van der Waals surface area contributed by atoms with Gasteiger partial charge in [0, 0.05) is 18.5 Å². The molecule has 0 fully saturated rings. The number of pyridine rings is 1. The van der Waals surface area contributed by atoms with E-state index in [1.54, 1.807) is 0 Å². The van der Waals surface area contributed by atoms with Crippen molar-refractivity contribution in [1.29, 1.82) is 0 Å². The number of carbonyl (C=O) groups excluding carboxylic acids is 2. The Morgan fingerprint density at radius 2 is 2.13 bits per heavy atom. The van der Waals surface area contributed by atoms with E-state index in [-0.39, 0.29) is 0 Å². The molecule has 6 nitrogen and oxygen atoms in total. The zero-order chi connectivity index (χ0) is 11.3. The van der Waals surface area contributed by atoms with Gasteiger partial charge in [-0.05, 0) is 17.7 Å². The van der Waals surface area contributed by atoms with Gasteiger partial charge in [0.25, 0.3) is 5.91 Å². The van der Waals surface area contributed by atoms with Crippen LogP contribution in [0.4, 0.5) is 0 Å². The summed E-state index contributed by atoms with van der Waals surface area (Å²) in [6.45, 7) is 0. The van der Waals surface area contributed by atoms with Gasteiger partial charge < -0.3 is 5.73 Å². The standard InChI is InChI=1S/C9H10N4O2/c10-8(14)2-1-6-3-7(5-12-4-6)9(15)13-11/h1-5H,11H2,(H2,10,14)(H,13,15). The SMILES string of the molecule is NNC(=O)c1cncc(C=CC(N)=O)c1. The molecule has 0 radical (unpaired) electrons. The molecule has 15 heavy (non-hydrogen) atoms. The third kappa shape index (κ3) is 3.20. The van der Waals surface area contributed by atoms with Gasteiger partial charge in [-0.2, -0.15) is 0 Å². The summed E-state index contributed by atoms with van der Waals surface area (Å²) in [6, 6.07) is 1.54. The Morgan fingerprint density at radius 3 is 2.73 bits per heavy atom. The number of amides is 2. The van der Waals surface area contributed by atoms with Crippen molar-refractivity contribution >= 4 is 17.9 Å². The van der Waals surface area contributed by atoms with E-state index >= 15 is 0 Å². The number of carbonyl (C=O) groups is 2. The summed E-state index contributed by atoms with van der Waals surface area (Å²) in [5.74, 6) is 3.94. The monoisotopic (exact) mass is 206 g/mol. The van der Waals surface area contributed by atoms with Gasteiger partial charge >= 0.3 is 0 Å². The van der Waals surface area contributed by atoms with Gasteiger partial charge in [0.05, 0.1) is 5.56 Å². The van der Waals surface area contributed by atoms with Gasteiger partial charge in [-0.3, -0.25) is 20.0 Å². The summed E-state index contributed by atoms with van der Waals surface area (Å²) in [4.78, 5) is 25.4. The summed E-state index contributed by atoms with van der Waals surface area (Å²) < 4.78 is 0. The van der Waals surface area contributed by atoms with E-state index in [1.807, 2.05) is 5.43 Å². The Morgan fingerprint density at radius 1 is 1.40 bits per heavy atom.